The summed E-state index contributed by atoms with van der Waals surface area (Å²) in [5, 5.41) is 14.5. The van der Waals surface area contributed by atoms with Gasteiger partial charge in [0.05, 0.1) is 25.4 Å². The Kier molecular flexibility index (Phi) is 5.24. The normalized spacial score (nSPS) is 11.1. The third-order valence-electron chi connectivity index (χ3n) is 3.88. The number of aromatic amines is 1. The van der Waals surface area contributed by atoms with Gasteiger partial charge in [-0.1, -0.05) is 12.1 Å². The molecule has 8 heteroatoms. The van der Waals surface area contributed by atoms with Crippen LogP contribution in [0.15, 0.2) is 41.4 Å². The van der Waals surface area contributed by atoms with Crippen molar-refractivity contribution >= 4 is 45.9 Å². The number of fused-ring (bicyclic) bond motifs is 1. The molecule has 0 radical (unpaired) electrons. The van der Waals surface area contributed by atoms with Crippen molar-refractivity contribution in [1.82, 2.24) is 4.98 Å². The summed E-state index contributed by atoms with van der Waals surface area (Å²) in [5.74, 6) is -0.499. The van der Waals surface area contributed by atoms with Crippen LogP contribution in [0.2, 0.25) is 0 Å². The van der Waals surface area contributed by atoms with Crippen molar-refractivity contribution < 1.29 is 19.1 Å². The topological polar surface area (TPSA) is 104 Å². The van der Waals surface area contributed by atoms with E-state index in [0.29, 0.717) is 17.0 Å². The van der Waals surface area contributed by atoms with Gasteiger partial charge in [-0.2, -0.15) is 5.26 Å². The zero-order valence-corrected chi connectivity index (χ0v) is 15.3. The highest BCUT2D eigenvalue weighted by molar-refractivity contribution is 7.12. The monoisotopic (exact) mass is 381 g/mol. The first-order valence-electron chi connectivity index (χ1n) is 7.82. The molecule has 2 aromatic heterocycles. The molecule has 0 fully saturated rings. The molecule has 0 saturated heterocycles. The lowest BCUT2D eigenvalue weighted by Crippen LogP contribution is -2.15. The molecule has 2 heterocycles. The summed E-state index contributed by atoms with van der Waals surface area (Å²) < 4.78 is 9.98. The number of carbonyl (C=O) groups is 2. The highest BCUT2D eigenvalue weighted by Gasteiger charge is 2.18. The minimum atomic E-state index is -0.613. The maximum Gasteiger partial charge on any atom is 0.350 e. The molecule has 0 atom stereocenters. The lowest BCUT2D eigenvalue weighted by molar-refractivity contribution is -0.112. The summed E-state index contributed by atoms with van der Waals surface area (Å²) in [6.07, 6.45) is 3.18. The number of ether oxygens (including phenoxy) is 2. The average Bonchev–Trinajstić information content (AvgIpc) is 3.32. The molecule has 136 valence electrons. The quantitative estimate of drug-likeness (QED) is 0.399. The molecule has 0 aliphatic rings. The van der Waals surface area contributed by atoms with Crippen LogP contribution in [-0.2, 0) is 9.53 Å². The van der Waals surface area contributed by atoms with Crippen LogP contribution in [0.4, 0.5) is 5.69 Å². The van der Waals surface area contributed by atoms with Gasteiger partial charge >= 0.3 is 5.97 Å². The van der Waals surface area contributed by atoms with Gasteiger partial charge in [-0.25, -0.2) is 4.79 Å². The van der Waals surface area contributed by atoms with Crippen LogP contribution >= 0.6 is 11.3 Å². The van der Waals surface area contributed by atoms with Gasteiger partial charge in [-0.15, -0.1) is 11.3 Å². The molecular weight excluding hydrogens is 366 g/mol. The van der Waals surface area contributed by atoms with Gasteiger partial charge in [-0.05, 0) is 23.6 Å². The molecule has 7 nitrogen and oxygen atoms in total. The fourth-order valence-electron chi connectivity index (χ4n) is 2.59. The largest absolute Gasteiger partial charge is 0.495 e. The number of nitriles is 1. The molecule has 0 unspecified atom stereocenters. The van der Waals surface area contributed by atoms with Crippen molar-refractivity contribution in [2.45, 2.75) is 0 Å². The van der Waals surface area contributed by atoms with E-state index < -0.39 is 11.9 Å². The first-order chi connectivity index (χ1) is 13.1. The highest BCUT2D eigenvalue weighted by atomic mass is 32.1. The third kappa shape index (κ3) is 3.54. The number of aromatic nitrogens is 1. The minimum Gasteiger partial charge on any atom is -0.495 e. The second kappa shape index (κ2) is 7.76. The van der Waals surface area contributed by atoms with E-state index in [2.05, 4.69) is 15.0 Å². The van der Waals surface area contributed by atoms with Gasteiger partial charge < -0.3 is 19.8 Å². The van der Waals surface area contributed by atoms with Crippen LogP contribution in [-0.4, -0.2) is 31.1 Å². The molecular formula is C19H15N3O4S. The van der Waals surface area contributed by atoms with Crippen LogP contribution in [0.25, 0.3) is 17.0 Å². The van der Waals surface area contributed by atoms with E-state index in [1.165, 1.54) is 13.2 Å². The summed E-state index contributed by atoms with van der Waals surface area (Å²) in [6, 6.07) is 8.99. The number of benzene rings is 1. The number of nitrogens with one attached hydrogen (secondary N) is 2. The number of hydrogen-bond donors (Lipinski definition) is 2. The van der Waals surface area contributed by atoms with Crippen LogP contribution in [0.1, 0.15) is 15.2 Å². The zero-order chi connectivity index (χ0) is 19.4. The van der Waals surface area contributed by atoms with E-state index in [4.69, 9.17) is 4.74 Å². The van der Waals surface area contributed by atoms with Crippen LogP contribution in [0, 0.1) is 11.3 Å². The van der Waals surface area contributed by atoms with Crippen molar-refractivity contribution in [1.29, 1.82) is 5.26 Å². The SMILES string of the molecule is COC(=O)c1sccc1NC(=O)C(C#N)=Cc1c[nH]c2c(OC)cccc12. The standard InChI is InChI=1S/C19H15N3O4S/c1-25-15-5-3-4-13-12(10-21-16(13)15)8-11(9-20)18(23)22-14-6-7-27-17(14)19(24)26-2/h3-8,10,21H,1-2H3,(H,22,23). The van der Waals surface area contributed by atoms with E-state index in [1.54, 1.807) is 24.8 Å². The number of carbonyl (C=O) groups excluding carboxylic acids is 2. The van der Waals surface area contributed by atoms with Crippen molar-refractivity contribution in [3.05, 3.63) is 51.9 Å². The van der Waals surface area contributed by atoms with E-state index in [1.807, 2.05) is 24.3 Å². The number of nitrogens with zero attached hydrogens (tertiary/aromatic N) is 1. The molecule has 2 N–H and O–H groups in total. The van der Waals surface area contributed by atoms with Crippen LogP contribution in [0.3, 0.4) is 0 Å². The number of thiophene rings is 1. The molecule has 0 saturated carbocycles. The summed E-state index contributed by atoms with van der Waals surface area (Å²) in [4.78, 5) is 27.6. The summed E-state index contributed by atoms with van der Waals surface area (Å²) >= 11 is 1.14. The predicted molar refractivity (Wildman–Crippen MR) is 103 cm³/mol. The lowest BCUT2D eigenvalue weighted by Gasteiger charge is -2.05. The van der Waals surface area contributed by atoms with Crippen LogP contribution in [0.5, 0.6) is 5.75 Å². The number of H-pyrrole nitrogens is 1. The molecule has 1 aromatic carbocycles. The van der Waals surface area contributed by atoms with Gasteiger partial charge in [0.2, 0.25) is 0 Å². The predicted octanol–water partition coefficient (Wildman–Crippen LogP) is 3.57. The molecule has 3 aromatic rings. The summed E-state index contributed by atoms with van der Waals surface area (Å²) in [7, 11) is 2.83. The zero-order valence-electron chi connectivity index (χ0n) is 14.5. The maximum atomic E-state index is 12.5. The second-order valence-electron chi connectivity index (χ2n) is 5.41. The molecule has 1 amide bonds. The fraction of sp³-hybridized carbons (Fsp3) is 0.105. The molecule has 27 heavy (non-hydrogen) atoms. The Morgan fingerprint density at radius 1 is 1.30 bits per heavy atom. The second-order valence-corrected chi connectivity index (χ2v) is 6.32. The lowest BCUT2D eigenvalue weighted by atomic mass is 10.1. The van der Waals surface area contributed by atoms with Crippen molar-refractivity contribution in [3.8, 4) is 11.8 Å². The van der Waals surface area contributed by atoms with Gasteiger partial charge in [0.25, 0.3) is 5.91 Å². The van der Waals surface area contributed by atoms with Gasteiger partial charge in [0, 0.05) is 17.1 Å². The number of anilines is 1. The number of rotatable bonds is 5. The van der Waals surface area contributed by atoms with E-state index in [-0.39, 0.29) is 10.5 Å². The first kappa shape index (κ1) is 18.2. The molecule has 0 aliphatic carbocycles. The number of para-hydroxylation sites is 1. The molecule has 0 bridgehead atoms. The smallest absolute Gasteiger partial charge is 0.350 e. The molecule has 0 spiro atoms. The Hall–Kier alpha value is -3.57. The average molecular weight is 381 g/mol. The Morgan fingerprint density at radius 2 is 2.11 bits per heavy atom. The highest BCUT2D eigenvalue weighted by Crippen LogP contribution is 2.29. The Morgan fingerprint density at radius 3 is 2.81 bits per heavy atom. The summed E-state index contributed by atoms with van der Waals surface area (Å²) in [5.41, 5.74) is 1.66. The van der Waals surface area contributed by atoms with Crippen molar-refractivity contribution in [2.24, 2.45) is 0 Å². The molecule has 3 rings (SSSR count). The fourth-order valence-corrected chi connectivity index (χ4v) is 3.36. The number of amides is 1. The maximum absolute atomic E-state index is 12.5. The van der Waals surface area contributed by atoms with Crippen molar-refractivity contribution in [3.63, 3.8) is 0 Å². The van der Waals surface area contributed by atoms with E-state index in [0.717, 1.165) is 22.2 Å². The Labute approximate surface area is 158 Å². The minimum absolute atomic E-state index is 0.0965. The first-order valence-corrected chi connectivity index (χ1v) is 8.70. The van der Waals surface area contributed by atoms with Crippen LogP contribution < -0.4 is 10.1 Å². The number of methoxy groups -OCH3 is 2. The van der Waals surface area contributed by atoms with E-state index >= 15 is 0 Å². The summed E-state index contributed by atoms with van der Waals surface area (Å²) in [6.45, 7) is 0. The Bertz CT molecular complexity index is 1090. The number of hydrogen-bond acceptors (Lipinski definition) is 6. The third-order valence-corrected chi connectivity index (χ3v) is 4.77. The van der Waals surface area contributed by atoms with Gasteiger partial charge in [0.1, 0.15) is 22.3 Å². The number of esters is 1. The van der Waals surface area contributed by atoms with E-state index in [9.17, 15) is 14.9 Å². The Balaban J connectivity index is 1.92. The van der Waals surface area contributed by atoms with Crippen molar-refractivity contribution in [2.75, 3.05) is 19.5 Å². The molecule has 0 aliphatic heterocycles. The van der Waals surface area contributed by atoms with Gasteiger partial charge in [-0.3, -0.25) is 4.79 Å². The van der Waals surface area contributed by atoms with Gasteiger partial charge in [0.15, 0.2) is 0 Å².